The van der Waals surface area contributed by atoms with Crippen LogP contribution >= 0.6 is 11.8 Å². The number of thioether (sulfide) groups is 1. The average Bonchev–Trinajstić information content (AvgIpc) is 2.34. The van der Waals surface area contributed by atoms with Gasteiger partial charge in [0.25, 0.3) is 0 Å². The summed E-state index contributed by atoms with van der Waals surface area (Å²) in [6.45, 7) is 4.70. The highest BCUT2D eigenvalue weighted by atomic mass is 32.2. The molecule has 0 aromatic rings. The van der Waals surface area contributed by atoms with Gasteiger partial charge in [-0.05, 0) is 37.2 Å². The Balaban J connectivity index is 2.13. The van der Waals surface area contributed by atoms with Crippen molar-refractivity contribution in [2.75, 3.05) is 18.1 Å². The van der Waals surface area contributed by atoms with Crippen LogP contribution in [0, 0.1) is 0 Å². The summed E-state index contributed by atoms with van der Waals surface area (Å²) in [7, 11) is 0. The molecule has 0 atom stereocenters. The Morgan fingerprint density at radius 1 is 1.31 bits per heavy atom. The molecule has 16 heavy (non-hydrogen) atoms. The summed E-state index contributed by atoms with van der Waals surface area (Å²) in [5, 5.41) is 6.40. The van der Waals surface area contributed by atoms with E-state index >= 15 is 0 Å². The molecule has 0 radical (unpaired) electrons. The van der Waals surface area contributed by atoms with E-state index in [-0.39, 0.29) is 5.91 Å². The highest BCUT2D eigenvalue weighted by Gasteiger charge is 2.14. The lowest BCUT2D eigenvalue weighted by molar-refractivity contribution is -0.121. The minimum atomic E-state index is 0.145. The molecule has 1 heterocycles. The van der Waals surface area contributed by atoms with Crippen LogP contribution < -0.4 is 10.6 Å². The molecule has 0 bridgehead atoms. The largest absolute Gasteiger partial charge is 0.352 e. The Kier molecular flexibility index (Phi) is 6.88. The minimum Gasteiger partial charge on any atom is -0.352 e. The fourth-order valence-electron chi connectivity index (χ4n) is 1.91. The van der Waals surface area contributed by atoms with Crippen molar-refractivity contribution in [3.63, 3.8) is 0 Å². The lowest BCUT2D eigenvalue weighted by Crippen LogP contribution is -2.43. The standard InChI is InChI=1S/C12H24N2OS/c1-3-10(4-2)14-12(15)9-13-11-5-7-16-8-6-11/h10-11,13H,3-9H2,1-2H3,(H,14,15). The van der Waals surface area contributed by atoms with Crippen LogP contribution in [-0.2, 0) is 4.79 Å². The predicted octanol–water partition coefficient (Wildman–Crippen LogP) is 1.78. The summed E-state index contributed by atoms with van der Waals surface area (Å²) in [5.41, 5.74) is 0. The van der Waals surface area contributed by atoms with Gasteiger partial charge in [-0.3, -0.25) is 4.79 Å². The third kappa shape index (κ3) is 5.21. The molecule has 0 spiro atoms. The topological polar surface area (TPSA) is 41.1 Å². The van der Waals surface area contributed by atoms with Gasteiger partial charge in [0, 0.05) is 12.1 Å². The van der Waals surface area contributed by atoms with Crippen LogP contribution in [0.25, 0.3) is 0 Å². The molecular weight excluding hydrogens is 220 g/mol. The first kappa shape index (κ1) is 13.8. The molecule has 0 aromatic carbocycles. The molecule has 0 aromatic heterocycles. The Morgan fingerprint density at radius 2 is 1.94 bits per heavy atom. The summed E-state index contributed by atoms with van der Waals surface area (Å²) < 4.78 is 0. The van der Waals surface area contributed by atoms with Crippen LogP contribution in [0.15, 0.2) is 0 Å². The van der Waals surface area contributed by atoms with Gasteiger partial charge in [-0.25, -0.2) is 0 Å². The third-order valence-corrected chi connectivity index (χ3v) is 4.17. The smallest absolute Gasteiger partial charge is 0.234 e. The SMILES string of the molecule is CCC(CC)NC(=O)CNC1CCSCC1. The summed E-state index contributed by atoms with van der Waals surface area (Å²) >= 11 is 2.01. The number of amides is 1. The number of hydrogen-bond donors (Lipinski definition) is 2. The van der Waals surface area contributed by atoms with Crippen molar-refractivity contribution in [3.8, 4) is 0 Å². The maximum atomic E-state index is 11.6. The molecule has 1 rings (SSSR count). The zero-order valence-corrected chi connectivity index (χ0v) is 11.2. The second kappa shape index (κ2) is 7.96. The molecule has 1 amide bonds. The van der Waals surface area contributed by atoms with Gasteiger partial charge in [-0.2, -0.15) is 11.8 Å². The third-order valence-electron chi connectivity index (χ3n) is 3.12. The first-order chi connectivity index (χ1) is 7.76. The molecule has 4 heteroatoms. The molecule has 94 valence electrons. The van der Waals surface area contributed by atoms with Gasteiger partial charge in [0.2, 0.25) is 5.91 Å². The Hall–Kier alpha value is -0.220. The van der Waals surface area contributed by atoms with Gasteiger partial charge in [-0.15, -0.1) is 0 Å². The molecule has 1 fully saturated rings. The number of rotatable bonds is 6. The maximum absolute atomic E-state index is 11.6. The van der Waals surface area contributed by atoms with E-state index in [1.165, 1.54) is 24.3 Å². The van der Waals surface area contributed by atoms with Gasteiger partial charge >= 0.3 is 0 Å². The van der Waals surface area contributed by atoms with Gasteiger partial charge in [0.15, 0.2) is 0 Å². The molecule has 3 nitrogen and oxygen atoms in total. The Bertz CT molecular complexity index is 201. The van der Waals surface area contributed by atoms with Crippen molar-refractivity contribution in [3.05, 3.63) is 0 Å². The van der Waals surface area contributed by atoms with Gasteiger partial charge < -0.3 is 10.6 Å². The lowest BCUT2D eigenvalue weighted by atomic mass is 10.1. The predicted molar refractivity (Wildman–Crippen MR) is 70.9 cm³/mol. The van der Waals surface area contributed by atoms with Crippen molar-refractivity contribution in [2.24, 2.45) is 0 Å². The van der Waals surface area contributed by atoms with Crippen LogP contribution in [-0.4, -0.2) is 36.0 Å². The zero-order chi connectivity index (χ0) is 11.8. The van der Waals surface area contributed by atoms with E-state index in [2.05, 4.69) is 24.5 Å². The van der Waals surface area contributed by atoms with Crippen molar-refractivity contribution >= 4 is 17.7 Å². The van der Waals surface area contributed by atoms with Crippen molar-refractivity contribution in [1.29, 1.82) is 0 Å². The number of carbonyl (C=O) groups is 1. The van der Waals surface area contributed by atoms with E-state index < -0.39 is 0 Å². The second-order valence-corrected chi connectivity index (χ2v) is 5.57. The van der Waals surface area contributed by atoms with Crippen LogP contribution in [0.4, 0.5) is 0 Å². The molecule has 0 aliphatic carbocycles. The second-order valence-electron chi connectivity index (χ2n) is 4.35. The molecule has 1 aliphatic heterocycles. The fourth-order valence-corrected chi connectivity index (χ4v) is 3.02. The Labute approximate surface area is 103 Å². The van der Waals surface area contributed by atoms with E-state index in [1.807, 2.05) is 11.8 Å². The molecular formula is C12H24N2OS. The quantitative estimate of drug-likeness (QED) is 0.748. The highest BCUT2D eigenvalue weighted by molar-refractivity contribution is 7.99. The van der Waals surface area contributed by atoms with Crippen molar-refractivity contribution in [2.45, 2.75) is 51.6 Å². The van der Waals surface area contributed by atoms with E-state index in [0.717, 1.165) is 12.8 Å². The van der Waals surface area contributed by atoms with Gasteiger partial charge in [0.1, 0.15) is 0 Å². The number of hydrogen-bond acceptors (Lipinski definition) is 3. The summed E-state index contributed by atoms with van der Waals surface area (Å²) in [6.07, 6.45) is 4.43. The van der Waals surface area contributed by atoms with Crippen molar-refractivity contribution < 1.29 is 4.79 Å². The molecule has 0 unspecified atom stereocenters. The minimum absolute atomic E-state index is 0.145. The molecule has 1 saturated heterocycles. The number of carbonyl (C=O) groups excluding carboxylic acids is 1. The fraction of sp³-hybridized carbons (Fsp3) is 0.917. The van der Waals surface area contributed by atoms with Gasteiger partial charge in [0.05, 0.1) is 6.54 Å². The van der Waals surface area contributed by atoms with E-state index in [0.29, 0.717) is 18.6 Å². The summed E-state index contributed by atoms with van der Waals surface area (Å²) in [5.74, 6) is 2.60. The van der Waals surface area contributed by atoms with Crippen LogP contribution in [0.2, 0.25) is 0 Å². The van der Waals surface area contributed by atoms with E-state index in [4.69, 9.17) is 0 Å². The van der Waals surface area contributed by atoms with Crippen LogP contribution in [0.5, 0.6) is 0 Å². The monoisotopic (exact) mass is 244 g/mol. The van der Waals surface area contributed by atoms with E-state index in [1.54, 1.807) is 0 Å². The maximum Gasteiger partial charge on any atom is 0.234 e. The van der Waals surface area contributed by atoms with Crippen LogP contribution in [0.3, 0.4) is 0 Å². The normalized spacial score (nSPS) is 17.7. The molecule has 0 saturated carbocycles. The highest BCUT2D eigenvalue weighted by Crippen LogP contribution is 2.16. The van der Waals surface area contributed by atoms with Crippen LogP contribution in [0.1, 0.15) is 39.5 Å². The summed E-state index contributed by atoms with van der Waals surface area (Å²) in [4.78, 5) is 11.6. The summed E-state index contributed by atoms with van der Waals surface area (Å²) in [6, 6.07) is 0.893. The van der Waals surface area contributed by atoms with Gasteiger partial charge in [-0.1, -0.05) is 13.8 Å². The first-order valence-corrected chi connectivity index (χ1v) is 7.52. The molecule has 2 N–H and O–H groups in total. The zero-order valence-electron chi connectivity index (χ0n) is 10.4. The molecule has 1 aliphatic rings. The number of nitrogens with one attached hydrogen (secondary N) is 2. The van der Waals surface area contributed by atoms with E-state index in [9.17, 15) is 4.79 Å². The van der Waals surface area contributed by atoms with Crippen molar-refractivity contribution in [1.82, 2.24) is 10.6 Å². The lowest BCUT2D eigenvalue weighted by Gasteiger charge is -2.23. The average molecular weight is 244 g/mol. The first-order valence-electron chi connectivity index (χ1n) is 6.36. The Morgan fingerprint density at radius 3 is 2.50 bits per heavy atom.